The minimum absolute atomic E-state index is 0.0187. The molecule has 0 aliphatic carbocycles. The monoisotopic (exact) mass is 450 g/mol. The van der Waals surface area contributed by atoms with E-state index < -0.39 is 42.7 Å². The number of aromatic nitrogens is 2. The van der Waals surface area contributed by atoms with Gasteiger partial charge >= 0.3 is 0 Å². The summed E-state index contributed by atoms with van der Waals surface area (Å²) in [5.74, 6) is -1.72. The summed E-state index contributed by atoms with van der Waals surface area (Å²) in [5.41, 5.74) is 4.62. The van der Waals surface area contributed by atoms with Crippen molar-refractivity contribution < 1.29 is 32.2 Å². The molecule has 0 amide bonds. The molecular weight excluding hydrogens is 429 g/mol. The van der Waals surface area contributed by atoms with E-state index in [1.165, 1.54) is 18.2 Å². The van der Waals surface area contributed by atoms with Gasteiger partial charge in [-0.3, -0.25) is 4.79 Å². The summed E-state index contributed by atoms with van der Waals surface area (Å²) in [5, 5.41) is 0. The van der Waals surface area contributed by atoms with Gasteiger partial charge in [-0.15, -0.1) is 0 Å². The highest BCUT2D eigenvalue weighted by molar-refractivity contribution is 5.95. The molecule has 8 nitrogen and oxygen atoms in total. The third-order valence-corrected chi connectivity index (χ3v) is 5.67. The SMILES string of the molecule is NC1=N[C@](CF)(c2cc(CC(=O)c3cnc(OCF)cn3)ccc2F)[C@H]2COCC[C@H]2O1. The highest BCUT2D eigenvalue weighted by atomic mass is 19.1. The zero-order valence-electron chi connectivity index (χ0n) is 17.0. The number of aliphatic imine (C=N–C) groups is 1. The number of ether oxygens (including phenoxy) is 3. The number of alkyl halides is 2. The normalized spacial score (nSPS) is 24.8. The number of fused-ring (bicyclic) bond motifs is 1. The van der Waals surface area contributed by atoms with Crippen LogP contribution in [0.25, 0.3) is 0 Å². The first kappa shape index (κ1) is 22.0. The Kier molecular flexibility index (Phi) is 6.26. The molecule has 3 heterocycles. The number of rotatable bonds is 7. The number of ketones is 1. The fourth-order valence-corrected chi connectivity index (χ4v) is 4.11. The Morgan fingerprint density at radius 1 is 1.28 bits per heavy atom. The fourth-order valence-electron chi connectivity index (χ4n) is 4.11. The summed E-state index contributed by atoms with van der Waals surface area (Å²) < 4.78 is 57.3. The maximum atomic E-state index is 14.9. The molecule has 1 fully saturated rings. The molecule has 1 saturated heterocycles. The molecule has 0 bridgehead atoms. The molecule has 11 heteroatoms. The number of benzene rings is 1. The zero-order valence-corrected chi connectivity index (χ0v) is 17.0. The molecule has 2 aromatic rings. The second kappa shape index (κ2) is 9.11. The number of carbonyl (C=O) groups is 1. The number of nitrogens with two attached hydrogens (primary N) is 1. The summed E-state index contributed by atoms with van der Waals surface area (Å²) >= 11 is 0. The standard InChI is InChI=1S/C21H21F3N4O4/c22-10-21(14-9-30-4-3-18(14)32-20(25)28-21)13-5-12(1-2-15(13)24)6-17(29)16-7-27-19(8-26-16)31-11-23/h1-2,5,7-8,14,18H,3-4,6,9-11H2,(H2,25,28)/t14-,18+,21+/m0/s1. The highest BCUT2D eigenvalue weighted by Crippen LogP contribution is 2.44. The van der Waals surface area contributed by atoms with E-state index in [0.29, 0.717) is 18.6 Å². The first-order valence-corrected chi connectivity index (χ1v) is 9.95. The van der Waals surface area contributed by atoms with E-state index in [0.717, 1.165) is 12.4 Å². The van der Waals surface area contributed by atoms with Crippen LogP contribution in [0.1, 0.15) is 28.0 Å². The molecule has 1 aromatic heterocycles. The second-order valence-corrected chi connectivity index (χ2v) is 7.54. The number of carbonyl (C=O) groups excluding carboxylic acids is 1. The smallest absolute Gasteiger partial charge is 0.283 e. The maximum absolute atomic E-state index is 14.9. The minimum Gasteiger partial charge on any atom is -0.462 e. The fraction of sp³-hybridized carbons (Fsp3) is 0.429. The summed E-state index contributed by atoms with van der Waals surface area (Å²) in [7, 11) is 0. The van der Waals surface area contributed by atoms with Crippen molar-refractivity contribution in [2.75, 3.05) is 26.7 Å². The van der Waals surface area contributed by atoms with Gasteiger partial charge in [-0.2, -0.15) is 0 Å². The van der Waals surface area contributed by atoms with Gasteiger partial charge in [0, 0.05) is 18.4 Å². The number of hydrogen-bond donors (Lipinski definition) is 1. The summed E-state index contributed by atoms with van der Waals surface area (Å²) in [6, 6.07) is 3.79. The molecule has 170 valence electrons. The number of nitrogens with zero attached hydrogens (tertiary/aromatic N) is 3. The molecule has 0 radical (unpaired) electrons. The summed E-state index contributed by atoms with van der Waals surface area (Å²) in [4.78, 5) is 24.5. The van der Waals surface area contributed by atoms with E-state index in [1.807, 2.05) is 0 Å². The molecule has 2 N–H and O–H groups in total. The average molecular weight is 450 g/mol. The number of halogens is 3. The largest absolute Gasteiger partial charge is 0.462 e. The number of Topliss-reactive ketones (excluding diaryl/α,β-unsaturated/α-hetero) is 1. The lowest BCUT2D eigenvalue weighted by Gasteiger charge is -2.45. The number of amidine groups is 1. The molecule has 2 aliphatic rings. The summed E-state index contributed by atoms with van der Waals surface area (Å²) in [6.07, 6.45) is 2.16. The Balaban J connectivity index is 1.64. The van der Waals surface area contributed by atoms with Gasteiger partial charge in [-0.25, -0.2) is 28.1 Å². The van der Waals surface area contributed by atoms with Gasteiger partial charge in [-0.1, -0.05) is 6.07 Å². The van der Waals surface area contributed by atoms with Crippen LogP contribution < -0.4 is 10.5 Å². The Hall–Kier alpha value is -3.21. The molecule has 3 atom stereocenters. The predicted molar refractivity (Wildman–Crippen MR) is 106 cm³/mol. The Morgan fingerprint density at radius 3 is 2.84 bits per heavy atom. The molecule has 2 aliphatic heterocycles. The third kappa shape index (κ3) is 4.12. The lowest BCUT2D eigenvalue weighted by Crippen LogP contribution is -2.54. The van der Waals surface area contributed by atoms with Gasteiger partial charge in [0.15, 0.2) is 5.78 Å². The minimum atomic E-state index is -1.62. The maximum Gasteiger partial charge on any atom is 0.283 e. The van der Waals surface area contributed by atoms with Crippen molar-refractivity contribution in [2.24, 2.45) is 16.6 Å². The van der Waals surface area contributed by atoms with Crippen molar-refractivity contribution in [2.45, 2.75) is 24.5 Å². The van der Waals surface area contributed by atoms with Crippen molar-refractivity contribution >= 4 is 11.8 Å². The molecule has 0 unspecified atom stereocenters. The molecule has 1 aromatic carbocycles. The van der Waals surface area contributed by atoms with E-state index in [1.54, 1.807) is 0 Å². The van der Waals surface area contributed by atoms with Crippen LogP contribution in [-0.2, 0) is 21.4 Å². The Morgan fingerprint density at radius 2 is 2.12 bits per heavy atom. The Bertz CT molecular complexity index is 1020. The van der Waals surface area contributed by atoms with Gasteiger partial charge in [0.1, 0.15) is 29.8 Å². The quantitative estimate of drug-likeness (QED) is 0.645. The van der Waals surface area contributed by atoms with E-state index in [2.05, 4.69) is 19.7 Å². The van der Waals surface area contributed by atoms with Crippen molar-refractivity contribution in [3.8, 4) is 5.88 Å². The van der Waals surface area contributed by atoms with Gasteiger partial charge < -0.3 is 19.9 Å². The lowest BCUT2D eigenvalue weighted by molar-refractivity contribution is -0.0785. The van der Waals surface area contributed by atoms with E-state index in [-0.39, 0.29) is 36.2 Å². The van der Waals surface area contributed by atoms with Crippen LogP contribution >= 0.6 is 0 Å². The van der Waals surface area contributed by atoms with Gasteiger partial charge in [0.2, 0.25) is 12.7 Å². The van der Waals surface area contributed by atoms with Crippen molar-refractivity contribution in [3.63, 3.8) is 0 Å². The van der Waals surface area contributed by atoms with Crippen LogP contribution in [0.4, 0.5) is 13.2 Å². The molecular formula is C21H21F3N4O4. The van der Waals surface area contributed by atoms with Crippen molar-refractivity contribution in [1.82, 2.24) is 9.97 Å². The Labute approximate surface area is 181 Å². The van der Waals surface area contributed by atoms with Crippen LogP contribution in [0, 0.1) is 11.7 Å². The van der Waals surface area contributed by atoms with Gasteiger partial charge in [0.05, 0.1) is 31.5 Å². The first-order chi connectivity index (χ1) is 15.5. The van der Waals surface area contributed by atoms with Crippen LogP contribution in [0.15, 0.2) is 35.6 Å². The van der Waals surface area contributed by atoms with Gasteiger partial charge in [0.25, 0.3) is 6.02 Å². The van der Waals surface area contributed by atoms with Gasteiger partial charge in [-0.05, 0) is 17.7 Å². The first-order valence-electron chi connectivity index (χ1n) is 9.95. The molecule has 32 heavy (non-hydrogen) atoms. The third-order valence-electron chi connectivity index (χ3n) is 5.67. The molecule has 0 saturated carbocycles. The van der Waals surface area contributed by atoms with E-state index >= 15 is 0 Å². The van der Waals surface area contributed by atoms with Crippen molar-refractivity contribution in [1.29, 1.82) is 0 Å². The molecule has 0 spiro atoms. The topological polar surface area (TPSA) is 109 Å². The van der Waals surface area contributed by atoms with Crippen LogP contribution in [0.5, 0.6) is 5.88 Å². The van der Waals surface area contributed by atoms with Crippen LogP contribution in [0.3, 0.4) is 0 Å². The second-order valence-electron chi connectivity index (χ2n) is 7.54. The lowest BCUT2D eigenvalue weighted by atomic mass is 9.74. The number of hydrogen-bond acceptors (Lipinski definition) is 8. The van der Waals surface area contributed by atoms with Crippen LogP contribution in [-0.4, -0.2) is 54.6 Å². The average Bonchev–Trinajstić information content (AvgIpc) is 2.80. The van der Waals surface area contributed by atoms with E-state index in [9.17, 15) is 18.0 Å². The highest BCUT2D eigenvalue weighted by Gasteiger charge is 2.51. The molecule has 4 rings (SSSR count). The summed E-state index contributed by atoms with van der Waals surface area (Å²) in [6.45, 7) is -1.53. The zero-order chi connectivity index (χ0) is 22.7. The van der Waals surface area contributed by atoms with Crippen molar-refractivity contribution in [3.05, 3.63) is 53.2 Å². The predicted octanol–water partition coefficient (Wildman–Crippen LogP) is 2.26. The van der Waals surface area contributed by atoms with Crippen LogP contribution in [0.2, 0.25) is 0 Å². The van der Waals surface area contributed by atoms with E-state index in [4.69, 9.17) is 15.2 Å².